The van der Waals surface area contributed by atoms with E-state index in [0.29, 0.717) is 16.4 Å². The number of rotatable bonds is 3. The van der Waals surface area contributed by atoms with Crippen LogP contribution in [0.2, 0.25) is 0 Å². The van der Waals surface area contributed by atoms with Crippen LogP contribution in [0.5, 0.6) is 0 Å². The third-order valence-electron chi connectivity index (χ3n) is 3.52. The maximum atomic E-state index is 13.3. The number of amides is 1. The summed E-state index contributed by atoms with van der Waals surface area (Å²) in [6, 6.07) is 6.60. The zero-order valence-corrected chi connectivity index (χ0v) is 14.2. The van der Waals surface area contributed by atoms with Crippen molar-refractivity contribution in [1.29, 1.82) is 0 Å². The van der Waals surface area contributed by atoms with E-state index in [2.05, 4.69) is 16.0 Å². The Bertz CT molecular complexity index is 834. The van der Waals surface area contributed by atoms with Crippen LogP contribution in [0, 0.1) is 11.6 Å². The number of thiophene rings is 1. The van der Waals surface area contributed by atoms with Crippen molar-refractivity contribution < 1.29 is 13.6 Å². The summed E-state index contributed by atoms with van der Waals surface area (Å²) in [5.41, 5.74) is 1.23. The molecule has 0 saturated heterocycles. The van der Waals surface area contributed by atoms with E-state index in [9.17, 15) is 13.6 Å². The van der Waals surface area contributed by atoms with Crippen LogP contribution in [-0.4, -0.2) is 11.0 Å². The van der Waals surface area contributed by atoms with E-state index in [0.717, 1.165) is 17.0 Å². The van der Waals surface area contributed by atoms with Crippen LogP contribution in [0.3, 0.4) is 0 Å². The van der Waals surface area contributed by atoms with E-state index in [-0.39, 0.29) is 5.69 Å². The standard InChI is InChI=1S/C16H13F2N3OS2/c1-8-13(14(21-16(23)19-8)12-3-2-6-24-12)15(22)20-9-4-5-10(17)11(18)7-9/h2-7,14H,1H3,(H,20,22)(H2,19,21,23)/t14-/m1/s1. The topological polar surface area (TPSA) is 53.2 Å². The van der Waals surface area contributed by atoms with Gasteiger partial charge in [0.25, 0.3) is 5.91 Å². The third-order valence-corrected chi connectivity index (χ3v) is 4.68. The molecule has 1 aromatic carbocycles. The summed E-state index contributed by atoms with van der Waals surface area (Å²) in [5.74, 6) is -2.40. The lowest BCUT2D eigenvalue weighted by molar-refractivity contribution is -0.113. The maximum Gasteiger partial charge on any atom is 0.255 e. The average molecular weight is 365 g/mol. The van der Waals surface area contributed by atoms with Crippen molar-refractivity contribution in [2.24, 2.45) is 0 Å². The van der Waals surface area contributed by atoms with Gasteiger partial charge in [0.1, 0.15) is 0 Å². The van der Waals surface area contributed by atoms with E-state index in [4.69, 9.17) is 12.2 Å². The predicted molar refractivity (Wildman–Crippen MR) is 93.6 cm³/mol. The summed E-state index contributed by atoms with van der Waals surface area (Å²) in [6.07, 6.45) is 0. The molecule has 8 heteroatoms. The third kappa shape index (κ3) is 3.29. The van der Waals surface area contributed by atoms with Gasteiger partial charge in [-0.05, 0) is 42.7 Å². The molecule has 0 fully saturated rings. The summed E-state index contributed by atoms with van der Waals surface area (Å²) in [6.45, 7) is 1.74. The molecule has 0 aliphatic carbocycles. The molecular formula is C16H13F2N3OS2. The van der Waals surface area contributed by atoms with Crippen molar-refractivity contribution in [3.05, 3.63) is 63.5 Å². The highest BCUT2D eigenvalue weighted by Gasteiger charge is 2.30. The van der Waals surface area contributed by atoms with Gasteiger partial charge >= 0.3 is 0 Å². The summed E-state index contributed by atoms with van der Waals surface area (Å²) in [5, 5.41) is 10.9. The van der Waals surface area contributed by atoms with Gasteiger partial charge in [0.15, 0.2) is 16.7 Å². The van der Waals surface area contributed by atoms with Crippen LogP contribution >= 0.6 is 23.6 Å². The molecular weight excluding hydrogens is 352 g/mol. The van der Waals surface area contributed by atoms with Gasteiger partial charge in [-0.25, -0.2) is 8.78 Å². The second-order valence-electron chi connectivity index (χ2n) is 5.17. The first kappa shape index (κ1) is 16.5. The van der Waals surface area contributed by atoms with Crippen molar-refractivity contribution >= 4 is 40.3 Å². The Labute approximate surface area is 146 Å². The molecule has 2 aromatic rings. The van der Waals surface area contributed by atoms with Crippen LogP contribution in [0.25, 0.3) is 0 Å². The van der Waals surface area contributed by atoms with Gasteiger partial charge in [0.2, 0.25) is 0 Å². The van der Waals surface area contributed by atoms with Crippen LogP contribution in [0.4, 0.5) is 14.5 Å². The fourth-order valence-corrected chi connectivity index (χ4v) is 3.49. The number of nitrogens with one attached hydrogen (secondary N) is 3. The smallest absolute Gasteiger partial charge is 0.255 e. The van der Waals surface area contributed by atoms with E-state index >= 15 is 0 Å². The monoisotopic (exact) mass is 365 g/mol. The Balaban J connectivity index is 1.91. The molecule has 1 aliphatic heterocycles. The molecule has 0 spiro atoms. The van der Waals surface area contributed by atoms with Gasteiger partial charge in [0.05, 0.1) is 11.6 Å². The summed E-state index contributed by atoms with van der Waals surface area (Å²) in [4.78, 5) is 13.6. The molecule has 24 heavy (non-hydrogen) atoms. The first-order chi connectivity index (χ1) is 11.5. The van der Waals surface area contributed by atoms with E-state index in [1.807, 2.05) is 17.5 Å². The van der Waals surface area contributed by atoms with Gasteiger partial charge in [0, 0.05) is 22.3 Å². The fourth-order valence-electron chi connectivity index (χ4n) is 2.44. The summed E-state index contributed by atoms with van der Waals surface area (Å²) < 4.78 is 26.3. The van der Waals surface area contributed by atoms with Crippen LogP contribution in [0.15, 0.2) is 47.0 Å². The number of hydrogen-bond donors (Lipinski definition) is 3. The lowest BCUT2D eigenvalue weighted by Crippen LogP contribution is -2.45. The minimum Gasteiger partial charge on any atom is -0.350 e. The molecule has 4 nitrogen and oxygen atoms in total. The number of halogens is 2. The van der Waals surface area contributed by atoms with Crippen LogP contribution in [0.1, 0.15) is 17.8 Å². The molecule has 0 unspecified atom stereocenters. The number of anilines is 1. The zero-order chi connectivity index (χ0) is 17.3. The maximum absolute atomic E-state index is 13.3. The highest BCUT2D eigenvalue weighted by Crippen LogP contribution is 2.30. The molecule has 0 bridgehead atoms. The highest BCUT2D eigenvalue weighted by atomic mass is 32.1. The Morgan fingerprint density at radius 2 is 2.08 bits per heavy atom. The zero-order valence-electron chi connectivity index (χ0n) is 12.5. The first-order valence-electron chi connectivity index (χ1n) is 7.04. The normalized spacial score (nSPS) is 17.3. The van der Waals surface area contributed by atoms with Crippen LogP contribution in [-0.2, 0) is 4.79 Å². The molecule has 1 atom stereocenters. The van der Waals surface area contributed by atoms with E-state index in [1.165, 1.54) is 17.4 Å². The Morgan fingerprint density at radius 1 is 1.29 bits per heavy atom. The average Bonchev–Trinajstić information content (AvgIpc) is 3.04. The number of thiocarbonyl (C=S) groups is 1. The second-order valence-corrected chi connectivity index (χ2v) is 6.56. The molecule has 1 aromatic heterocycles. The summed E-state index contributed by atoms with van der Waals surface area (Å²) >= 11 is 6.65. The van der Waals surface area contributed by atoms with Gasteiger partial charge in [-0.3, -0.25) is 4.79 Å². The number of carbonyl (C=O) groups excluding carboxylic acids is 1. The Morgan fingerprint density at radius 3 is 2.75 bits per heavy atom. The van der Waals surface area contributed by atoms with Crippen molar-refractivity contribution in [3.8, 4) is 0 Å². The molecule has 3 rings (SSSR count). The molecule has 124 valence electrons. The quantitative estimate of drug-likeness (QED) is 0.729. The minimum atomic E-state index is -1.02. The minimum absolute atomic E-state index is 0.178. The number of carbonyl (C=O) groups is 1. The Hall–Kier alpha value is -2.32. The molecule has 3 N–H and O–H groups in total. The summed E-state index contributed by atoms with van der Waals surface area (Å²) in [7, 11) is 0. The number of benzene rings is 1. The predicted octanol–water partition coefficient (Wildman–Crippen LogP) is 3.46. The van der Waals surface area contributed by atoms with Gasteiger partial charge in [-0.2, -0.15) is 0 Å². The van der Waals surface area contributed by atoms with Gasteiger partial charge in [-0.15, -0.1) is 11.3 Å². The van der Waals surface area contributed by atoms with Gasteiger partial charge in [-0.1, -0.05) is 6.07 Å². The SMILES string of the molecule is CC1=C(C(=O)Nc2ccc(F)c(F)c2)[C@@H](c2cccs2)NC(=S)N1. The number of hydrogen-bond acceptors (Lipinski definition) is 3. The fraction of sp³-hybridized carbons (Fsp3) is 0.125. The lowest BCUT2D eigenvalue weighted by Gasteiger charge is -2.29. The molecule has 1 amide bonds. The van der Waals surface area contributed by atoms with Crippen molar-refractivity contribution in [2.45, 2.75) is 13.0 Å². The highest BCUT2D eigenvalue weighted by molar-refractivity contribution is 7.80. The van der Waals surface area contributed by atoms with Gasteiger partial charge < -0.3 is 16.0 Å². The van der Waals surface area contributed by atoms with E-state index in [1.54, 1.807) is 6.92 Å². The Kier molecular flexibility index (Phi) is 4.59. The lowest BCUT2D eigenvalue weighted by atomic mass is 10.0. The molecule has 1 aliphatic rings. The van der Waals surface area contributed by atoms with Crippen molar-refractivity contribution in [1.82, 2.24) is 10.6 Å². The second kappa shape index (κ2) is 6.66. The first-order valence-corrected chi connectivity index (χ1v) is 8.32. The van der Waals surface area contributed by atoms with E-state index < -0.39 is 23.6 Å². The van der Waals surface area contributed by atoms with Crippen molar-refractivity contribution in [2.75, 3.05) is 5.32 Å². The van der Waals surface area contributed by atoms with Crippen molar-refractivity contribution in [3.63, 3.8) is 0 Å². The molecule has 2 heterocycles. The number of allylic oxidation sites excluding steroid dienone is 1. The molecule has 0 radical (unpaired) electrons. The molecule has 0 saturated carbocycles. The van der Waals surface area contributed by atoms with Crippen LogP contribution < -0.4 is 16.0 Å². The largest absolute Gasteiger partial charge is 0.350 e.